The van der Waals surface area contributed by atoms with Gasteiger partial charge in [0.05, 0.1) is 13.1 Å². The highest BCUT2D eigenvalue weighted by atomic mass is 35.5. The van der Waals surface area contributed by atoms with Gasteiger partial charge < -0.3 is 9.80 Å². The Morgan fingerprint density at radius 1 is 0.467 bits per heavy atom. The quantitative estimate of drug-likeness (QED) is 0.0624. The van der Waals surface area contributed by atoms with Crippen LogP contribution in [0.2, 0.25) is 0 Å². The van der Waals surface area contributed by atoms with Crippen LogP contribution in [0.25, 0.3) is 0 Å². The predicted octanol–water partition coefficient (Wildman–Crippen LogP) is 12.2. The largest absolute Gasteiger partial charge is 0.356 e. The van der Waals surface area contributed by atoms with E-state index < -0.39 is 11.3 Å². The van der Waals surface area contributed by atoms with E-state index in [2.05, 4.69) is 51.3 Å². The first-order valence-electron chi connectivity index (χ1n) is 19.6. The molecule has 0 aromatic rings. The Bertz CT molecular complexity index is 763. The third-order valence-corrected chi connectivity index (χ3v) is 9.65. The fraction of sp³-hybridized carbons (Fsp3) is 0.947. The number of azo groups is 1. The van der Waals surface area contributed by atoms with E-state index in [0.29, 0.717) is 0 Å². The predicted molar refractivity (Wildman–Crippen MR) is 200 cm³/mol. The van der Waals surface area contributed by atoms with Crippen LogP contribution in [-0.4, -0.2) is 59.0 Å². The molecule has 2 aliphatic rings. The van der Waals surface area contributed by atoms with E-state index in [4.69, 9.17) is 20.2 Å². The average Bonchev–Trinajstić information content (AvgIpc) is 3.57. The van der Waals surface area contributed by atoms with E-state index in [1.54, 1.807) is 0 Å². The van der Waals surface area contributed by atoms with Gasteiger partial charge in [-0.05, 0) is 51.4 Å². The van der Waals surface area contributed by atoms with Gasteiger partial charge in [-0.3, -0.25) is 0 Å². The zero-order chi connectivity index (χ0) is 31.9. The summed E-state index contributed by atoms with van der Waals surface area (Å²) in [7, 11) is 0. The number of rotatable bonds is 28. The highest BCUT2D eigenvalue weighted by Gasteiger charge is 2.43. The number of halogens is 1. The van der Waals surface area contributed by atoms with Gasteiger partial charge >= 0.3 is 0 Å². The highest BCUT2D eigenvalue weighted by Crippen LogP contribution is 2.36. The minimum atomic E-state index is -0.439. The Morgan fingerprint density at radius 3 is 1.13 bits per heavy atom. The van der Waals surface area contributed by atoms with Gasteiger partial charge in [-0.1, -0.05) is 131 Å². The first-order valence-corrected chi connectivity index (χ1v) is 19.6. The Labute approximate surface area is 286 Å². The fourth-order valence-corrected chi connectivity index (χ4v) is 6.78. The zero-order valence-corrected chi connectivity index (χ0v) is 31.7. The number of unbranched alkanes of at least 4 members (excludes halogenated alkanes) is 14. The summed E-state index contributed by atoms with van der Waals surface area (Å²) in [4.78, 5) is 16.2. The van der Waals surface area contributed by atoms with Gasteiger partial charge in [-0.25, -0.2) is 9.98 Å². The van der Waals surface area contributed by atoms with Gasteiger partial charge in [-0.15, -0.1) is 12.4 Å². The highest BCUT2D eigenvalue weighted by molar-refractivity contribution is 5.85. The van der Waals surface area contributed by atoms with Crippen LogP contribution in [0.1, 0.15) is 196 Å². The maximum atomic E-state index is 5.53. The van der Waals surface area contributed by atoms with Gasteiger partial charge in [0, 0.05) is 25.9 Å². The third kappa shape index (κ3) is 15.5. The fourth-order valence-electron chi connectivity index (χ4n) is 6.78. The summed E-state index contributed by atoms with van der Waals surface area (Å²) in [5.41, 5.74) is -0.878. The van der Waals surface area contributed by atoms with Crippen molar-refractivity contribution < 1.29 is 0 Å². The lowest BCUT2D eigenvalue weighted by molar-refractivity contribution is 0.269. The van der Waals surface area contributed by atoms with Crippen molar-refractivity contribution in [3.63, 3.8) is 0 Å². The first-order chi connectivity index (χ1) is 21.5. The molecule has 0 bridgehead atoms. The molecule has 264 valence electrons. The molecule has 0 spiro atoms. The smallest absolute Gasteiger partial charge is 0.189 e. The average molecular weight is 652 g/mol. The van der Waals surface area contributed by atoms with Crippen molar-refractivity contribution in [3.05, 3.63) is 0 Å². The Hall–Kier alpha value is -1.17. The van der Waals surface area contributed by atoms with Crippen molar-refractivity contribution in [2.45, 2.75) is 207 Å². The topological polar surface area (TPSA) is 55.9 Å². The number of nitrogens with zero attached hydrogens (tertiary/aromatic N) is 6. The molecule has 0 fully saturated rings. The summed E-state index contributed by atoms with van der Waals surface area (Å²) in [5, 5.41) is 10.8. The maximum absolute atomic E-state index is 5.53. The number of hydrogen-bond acceptors (Lipinski definition) is 6. The number of aliphatic imine (C=N–C) groups is 2. The van der Waals surface area contributed by atoms with E-state index in [1.165, 1.54) is 140 Å². The van der Waals surface area contributed by atoms with Crippen molar-refractivity contribution in [2.75, 3.05) is 26.2 Å². The van der Waals surface area contributed by atoms with Crippen molar-refractivity contribution in [1.82, 2.24) is 9.80 Å². The van der Waals surface area contributed by atoms with Crippen molar-refractivity contribution >= 4 is 24.1 Å². The molecule has 6 nitrogen and oxygen atoms in total. The molecule has 0 aliphatic carbocycles. The molecule has 7 heteroatoms. The van der Waals surface area contributed by atoms with E-state index >= 15 is 0 Å². The normalized spacial score (nSPS) is 21.6. The molecule has 2 rings (SSSR count). The maximum Gasteiger partial charge on any atom is 0.189 e. The molecule has 0 saturated carbocycles. The summed E-state index contributed by atoms with van der Waals surface area (Å²) in [6.45, 7) is 17.8. The van der Waals surface area contributed by atoms with Gasteiger partial charge in [0.15, 0.2) is 11.3 Å². The third-order valence-electron chi connectivity index (χ3n) is 9.65. The summed E-state index contributed by atoms with van der Waals surface area (Å²) in [6, 6.07) is 0. The molecule has 2 heterocycles. The van der Waals surface area contributed by atoms with Crippen molar-refractivity contribution in [3.8, 4) is 0 Å². The van der Waals surface area contributed by atoms with Gasteiger partial charge in [0.25, 0.3) is 0 Å². The lowest BCUT2D eigenvalue weighted by Crippen LogP contribution is -2.38. The lowest BCUT2D eigenvalue weighted by atomic mass is 10.0. The zero-order valence-electron chi connectivity index (χ0n) is 30.9. The van der Waals surface area contributed by atoms with Crippen LogP contribution in [0.4, 0.5) is 0 Å². The Kier molecular flexibility index (Phi) is 23.2. The van der Waals surface area contributed by atoms with Crippen LogP contribution in [0, 0.1) is 0 Å². The molecule has 0 N–H and O–H groups in total. The van der Waals surface area contributed by atoms with Gasteiger partial charge in [0.1, 0.15) is 11.7 Å². The van der Waals surface area contributed by atoms with Crippen LogP contribution < -0.4 is 0 Å². The molecule has 0 amide bonds. The molecule has 0 aromatic heterocycles. The molecular weight excluding hydrogens is 576 g/mol. The Balaban J connectivity index is 0.0000101. The summed E-state index contributed by atoms with van der Waals surface area (Å²) >= 11 is 0. The van der Waals surface area contributed by atoms with Crippen molar-refractivity contribution in [1.29, 1.82) is 0 Å². The van der Waals surface area contributed by atoms with Crippen LogP contribution in [0.3, 0.4) is 0 Å². The summed E-state index contributed by atoms with van der Waals surface area (Å²) in [5.74, 6) is 2.61. The SMILES string of the molecule is CCCCCCC1=NC(CCCCCC)(/N=N/C2(CCCCCC)CN(CCCC)C(CCCCCC)=N2)CN1CCCC.Cl. The number of hydrogen-bond donors (Lipinski definition) is 0. The molecule has 2 aliphatic heterocycles. The minimum Gasteiger partial charge on any atom is -0.356 e. The Morgan fingerprint density at radius 2 is 0.800 bits per heavy atom. The van der Waals surface area contributed by atoms with Gasteiger partial charge in [-0.2, -0.15) is 10.2 Å². The monoisotopic (exact) mass is 651 g/mol. The summed E-state index contributed by atoms with van der Waals surface area (Å²) < 4.78 is 0. The second kappa shape index (κ2) is 24.9. The molecular formula is C38H75ClN6. The minimum absolute atomic E-state index is 0. The van der Waals surface area contributed by atoms with E-state index in [-0.39, 0.29) is 12.4 Å². The second-order valence-electron chi connectivity index (χ2n) is 14.0. The van der Waals surface area contributed by atoms with Crippen LogP contribution in [0.5, 0.6) is 0 Å². The first kappa shape index (κ1) is 41.9. The summed E-state index contributed by atoms with van der Waals surface area (Å²) in [6.07, 6.45) is 29.3. The van der Waals surface area contributed by atoms with Gasteiger partial charge in [0.2, 0.25) is 0 Å². The molecule has 0 saturated heterocycles. The molecule has 0 aromatic carbocycles. The second-order valence-corrected chi connectivity index (χ2v) is 14.0. The van der Waals surface area contributed by atoms with E-state index in [9.17, 15) is 0 Å². The number of amidine groups is 2. The van der Waals surface area contributed by atoms with E-state index in [0.717, 1.165) is 51.9 Å². The molecule has 0 radical (unpaired) electrons. The van der Waals surface area contributed by atoms with E-state index in [1.807, 2.05) is 0 Å². The van der Waals surface area contributed by atoms with Crippen LogP contribution in [0.15, 0.2) is 20.2 Å². The molecule has 45 heavy (non-hydrogen) atoms. The van der Waals surface area contributed by atoms with Crippen molar-refractivity contribution in [2.24, 2.45) is 20.2 Å². The molecule has 2 atom stereocenters. The van der Waals surface area contributed by atoms with Crippen LogP contribution >= 0.6 is 12.4 Å². The lowest BCUT2D eigenvalue weighted by Gasteiger charge is -2.28. The van der Waals surface area contributed by atoms with Crippen LogP contribution in [-0.2, 0) is 0 Å². The standard InChI is InChI=1S/C38H74N6.ClH/c1-7-13-19-23-27-35-39-37(29-25-21-15-9-3,33-43(35)31-17-11-5)41-42-38(30-26-22-16-10-4)34-44(32-18-12-6)36(40-38)28-24-20-14-8-2;/h7-34H2,1-6H3;1H/b42-41+;. The molecule has 2 unspecified atom stereocenters.